The molecule has 2 aromatic carbocycles. The molecule has 2 N–H and O–H groups in total. The minimum absolute atomic E-state index is 0.111. The van der Waals surface area contributed by atoms with Gasteiger partial charge in [0.25, 0.3) is 0 Å². The average molecular weight is 454 g/mol. The minimum Gasteiger partial charge on any atom is -0.497 e. The standard InChI is InChI=1S/C23H27N5O3S/c1-15-5-8-18(11-16(15)2)25-22(30)14-32-23-27-26-20(28(23)3)13-24-21(29)12-17-6-9-19(31-4)10-7-17/h5-11H,12-14H2,1-4H3,(H,24,29)(H,25,30). The van der Waals surface area contributed by atoms with Crippen molar-refractivity contribution in [3.8, 4) is 5.75 Å². The number of aromatic nitrogens is 3. The number of hydrogen-bond donors (Lipinski definition) is 2. The second kappa shape index (κ2) is 10.8. The van der Waals surface area contributed by atoms with Gasteiger partial charge in [-0.15, -0.1) is 10.2 Å². The molecule has 0 radical (unpaired) electrons. The van der Waals surface area contributed by atoms with Crippen LogP contribution in [0.5, 0.6) is 5.75 Å². The number of methoxy groups -OCH3 is 1. The first-order chi connectivity index (χ1) is 15.4. The first-order valence-electron chi connectivity index (χ1n) is 10.1. The van der Waals surface area contributed by atoms with Gasteiger partial charge in [0, 0.05) is 12.7 Å². The van der Waals surface area contributed by atoms with Crippen LogP contribution in [-0.2, 0) is 29.6 Å². The van der Waals surface area contributed by atoms with Gasteiger partial charge in [-0.05, 0) is 54.8 Å². The molecule has 9 heteroatoms. The molecule has 0 fully saturated rings. The molecule has 1 aromatic heterocycles. The lowest BCUT2D eigenvalue weighted by molar-refractivity contribution is -0.120. The molecule has 0 atom stereocenters. The first-order valence-corrected chi connectivity index (χ1v) is 11.1. The van der Waals surface area contributed by atoms with Gasteiger partial charge < -0.3 is 19.9 Å². The predicted molar refractivity (Wildman–Crippen MR) is 125 cm³/mol. The predicted octanol–water partition coefficient (Wildman–Crippen LogP) is 3.03. The Bertz CT molecular complexity index is 1100. The molecule has 0 aliphatic carbocycles. The van der Waals surface area contributed by atoms with Crippen molar-refractivity contribution in [1.29, 1.82) is 0 Å². The molecule has 3 aromatic rings. The van der Waals surface area contributed by atoms with Gasteiger partial charge in [0.1, 0.15) is 5.75 Å². The Balaban J connectivity index is 1.47. The number of rotatable bonds is 9. The van der Waals surface area contributed by atoms with Crippen molar-refractivity contribution in [1.82, 2.24) is 20.1 Å². The summed E-state index contributed by atoms with van der Waals surface area (Å²) in [4.78, 5) is 24.5. The van der Waals surface area contributed by atoms with Crippen LogP contribution >= 0.6 is 11.8 Å². The van der Waals surface area contributed by atoms with E-state index in [4.69, 9.17) is 4.74 Å². The van der Waals surface area contributed by atoms with Crippen molar-refractivity contribution >= 4 is 29.3 Å². The third-order valence-corrected chi connectivity index (χ3v) is 6.04. The fourth-order valence-electron chi connectivity index (χ4n) is 2.94. The highest BCUT2D eigenvalue weighted by Gasteiger charge is 2.13. The summed E-state index contributed by atoms with van der Waals surface area (Å²) in [5, 5.41) is 14.6. The Labute approximate surface area is 191 Å². The molecule has 2 amide bonds. The normalized spacial score (nSPS) is 10.6. The number of thioether (sulfide) groups is 1. The molecule has 0 aliphatic rings. The van der Waals surface area contributed by atoms with Crippen LogP contribution in [0.15, 0.2) is 47.6 Å². The molecule has 0 spiro atoms. The largest absolute Gasteiger partial charge is 0.497 e. The summed E-state index contributed by atoms with van der Waals surface area (Å²) in [6.45, 7) is 4.30. The number of benzene rings is 2. The molecule has 0 bridgehead atoms. The number of carbonyl (C=O) groups is 2. The van der Waals surface area contributed by atoms with Crippen molar-refractivity contribution in [3.05, 3.63) is 65.0 Å². The summed E-state index contributed by atoms with van der Waals surface area (Å²) < 4.78 is 6.90. The molecular formula is C23H27N5O3S. The maximum Gasteiger partial charge on any atom is 0.234 e. The van der Waals surface area contributed by atoms with Gasteiger partial charge in [-0.1, -0.05) is 30.0 Å². The van der Waals surface area contributed by atoms with E-state index in [1.807, 2.05) is 63.4 Å². The van der Waals surface area contributed by atoms with Crippen molar-refractivity contribution in [2.24, 2.45) is 7.05 Å². The van der Waals surface area contributed by atoms with Crippen molar-refractivity contribution < 1.29 is 14.3 Å². The van der Waals surface area contributed by atoms with Crippen LogP contribution in [0.4, 0.5) is 5.69 Å². The van der Waals surface area contributed by atoms with Crippen LogP contribution < -0.4 is 15.4 Å². The van der Waals surface area contributed by atoms with Crippen LogP contribution in [0.3, 0.4) is 0 Å². The number of nitrogens with one attached hydrogen (secondary N) is 2. The van der Waals surface area contributed by atoms with Crippen LogP contribution in [0, 0.1) is 13.8 Å². The van der Waals surface area contributed by atoms with E-state index in [-0.39, 0.29) is 30.5 Å². The molecule has 0 unspecified atom stereocenters. The van der Waals surface area contributed by atoms with Gasteiger partial charge in [0.05, 0.1) is 25.8 Å². The number of carbonyl (C=O) groups excluding carboxylic acids is 2. The van der Waals surface area contributed by atoms with Crippen molar-refractivity contribution in [2.45, 2.75) is 32.0 Å². The quantitative estimate of drug-likeness (QED) is 0.483. The van der Waals surface area contributed by atoms with Crippen molar-refractivity contribution in [2.75, 3.05) is 18.2 Å². The van der Waals surface area contributed by atoms with E-state index in [0.717, 1.165) is 22.6 Å². The fraction of sp³-hybridized carbons (Fsp3) is 0.304. The number of hydrogen-bond acceptors (Lipinski definition) is 6. The minimum atomic E-state index is -0.115. The summed E-state index contributed by atoms with van der Waals surface area (Å²) in [5.74, 6) is 1.35. The highest BCUT2D eigenvalue weighted by atomic mass is 32.2. The zero-order chi connectivity index (χ0) is 23.1. The second-order valence-electron chi connectivity index (χ2n) is 7.40. The highest BCUT2D eigenvalue weighted by molar-refractivity contribution is 7.99. The zero-order valence-corrected chi connectivity index (χ0v) is 19.5. The molecule has 0 saturated carbocycles. The van der Waals surface area contributed by atoms with E-state index in [1.54, 1.807) is 11.7 Å². The van der Waals surface area contributed by atoms with E-state index in [2.05, 4.69) is 20.8 Å². The van der Waals surface area contributed by atoms with Crippen LogP contribution in [-0.4, -0.2) is 39.4 Å². The molecule has 0 aliphatic heterocycles. The summed E-state index contributed by atoms with van der Waals surface area (Å²) in [5.41, 5.74) is 3.98. The number of nitrogens with zero attached hydrogens (tertiary/aromatic N) is 3. The number of aryl methyl sites for hydroxylation is 2. The molecule has 8 nitrogen and oxygen atoms in total. The van der Waals surface area contributed by atoms with Crippen molar-refractivity contribution in [3.63, 3.8) is 0 Å². The van der Waals surface area contributed by atoms with Gasteiger partial charge in [0.2, 0.25) is 11.8 Å². The number of anilines is 1. The summed E-state index contributed by atoms with van der Waals surface area (Å²) >= 11 is 1.30. The van der Waals surface area contributed by atoms with Gasteiger partial charge in [-0.25, -0.2) is 0 Å². The zero-order valence-electron chi connectivity index (χ0n) is 18.6. The smallest absolute Gasteiger partial charge is 0.234 e. The van der Waals surface area contributed by atoms with E-state index in [1.165, 1.54) is 17.3 Å². The first kappa shape index (κ1) is 23.3. The molecular weight excluding hydrogens is 426 g/mol. The topological polar surface area (TPSA) is 98.1 Å². The molecule has 168 valence electrons. The van der Waals surface area contributed by atoms with Crippen LogP contribution in [0.1, 0.15) is 22.5 Å². The Morgan fingerprint density at radius 3 is 2.47 bits per heavy atom. The van der Waals surface area contributed by atoms with Gasteiger partial charge in [0.15, 0.2) is 11.0 Å². The highest BCUT2D eigenvalue weighted by Crippen LogP contribution is 2.18. The number of amides is 2. The molecule has 32 heavy (non-hydrogen) atoms. The number of ether oxygens (including phenoxy) is 1. The summed E-state index contributed by atoms with van der Waals surface area (Å²) in [6.07, 6.45) is 0.266. The van der Waals surface area contributed by atoms with E-state index in [0.29, 0.717) is 11.0 Å². The van der Waals surface area contributed by atoms with Gasteiger partial charge >= 0.3 is 0 Å². The van der Waals surface area contributed by atoms with Gasteiger partial charge in [-0.3, -0.25) is 9.59 Å². The molecule has 3 rings (SSSR count). The van der Waals surface area contributed by atoms with E-state index < -0.39 is 0 Å². The van der Waals surface area contributed by atoms with Crippen LogP contribution in [0.2, 0.25) is 0 Å². The molecule has 1 heterocycles. The van der Waals surface area contributed by atoms with E-state index >= 15 is 0 Å². The Kier molecular flexibility index (Phi) is 7.88. The summed E-state index contributed by atoms with van der Waals surface area (Å²) in [7, 11) is 3.42. The Morgan fingerprint density at radius 1 is 1.03 bits per heavy atom. The molecule has 0 saturated heterocycles. The lowest BCUT2D eigenvalue weighted by atomic mass is 10.1. The van der Waals surface area contributed by atoms with Crippen LogP contribution in [0.25, 0.3) is 0 Å². The third-order valence-electron chi connectivity index (χ3n) is 5.02. The Morgan fingerprint density at radius 2 is 1.78 bits per heavy atom. The SMILES string of the molecule is COc1ccc(CC(=O)NCc2nnc(SCC(=O)Nc3ccc(C)c(C)c3)n2C)cc1. The monoisotopic (exact) mass is 453 g/mol. The third kappa shape index (κ3) is 6.34. The van der Waals surface area contributed by atoms with E-state index in [9.17, 15) is 9.59 Å². The lowest BCUT2D eigenvalue weighted by Crippen LogP contribution is -2.26. The second-order valence-corrected chi connectivity index (χ2v) is 8.34. The maximum absolute atomic E-state index is 12.3. The van der Waals surface area contributed by atoms with Gasteiger partial charge in [-0.2, -0.15) is 0 Å². The fourth-order valence-corrected chi connectivity index (χ4v) is 3.67. The maximum atomic E-state index is 12.3. The Hall–Kier alpha value is -3.33. The average Bonchev–Trinajstić information content (AvgIpc) is 3.13. The lowest BCUT2D eigenvalue weighted by Gasteiger charge is -2.08. The summed E-state index contributed by atoms with van der Waals surface area (Å²) in [6, 6.07) is 13.2.